The lowest BCUT2D eigenvalue weighted by Gasteiger charge is -2.16. The molecule has 2 aliphatic carbocycles. The summed E-state index contributed by atoms with van der Waals surface area (Å²) < 4.78 is 22.9. The van der Waals surface area contributed by atoms with Gasteiger partial charge in [-0.15, -0.1) is 11.3 Å². The van der Waals surface area contributed by atoms with Crippen LogP contribution in [0.2, 0.25) is 0 Å². The largest absolute Gasteiger partial charge is 0.352 e. The highest BCUT2D eigenvalue weighted by Crippen LogP contribution is 2.48. The minimum Gasteiger partial charge on any atom is -0.352 e. The minimum absolute atomic E-state index is 0.0774. The number of carbonyl (C=O) groups is 1. The SMILES string of the molecule is Cc1c(C(=O)NCC(C2CC2)C2CC2)csc1S(N)(=O)=O. The number of nitrogens with two attached hydrogens (primary N) is 1. The Kier molecular flexibility index (Phi) is 3.83. The van der Waals surface area contributed by atoms with Gasteiger partial charge in [0.25, 0.3) is 5.91 Å². The molecule has 2 saturated carbocycles. The maximum Gasteiger partial charge on any atom is 0.252 e. The maximum absolute atomic E-state index is 12.3. The van der Waals surface area contributed by atoms with Crippen LogP contribution in [0.1, 0.15) is 41.6 Å². The van der Waals surface area contributed by atoms with E-state index in [0.717, 1.165) is 23.2 Å². The number of amides is 1. The lowest BCUT2D eigenvalue weighted by Crippen LogP contribution is -2.31. The molecule has 21 heavy (non-hydrogen) atoms. The fourth-order valence-electron chi connectivity index (χ4n) is 2.98. The Bertz CT molecular complexity index is 646. The van der Waals surface area contributed by atoms with Gasteiger partial charge in [0.15, 0.2) is 0 Å². The zero-order valence-corrected chi connectivity index (χ0v) is 13.6. The summed E-state index contributed by atoms with van der Waals surface area (Å²) in [5.41, 5.74) is 0.878. The third-order valence-corrected chi connectivity index (χ3v) is 7.13. The van der Waals surface area contributed by atoms with Crippen molar-refractivity contribution in [1.82, 2.24) is 5.32 Å². The fraction of sp³-hybridized carbons (Fsp3) is 0.643. The van der Waals surface area contributed by atoms with Crippen molar-refractivity contribution in [2.24, 2.45) is 22.9 Å². The summed E-state index contributed by atoms with van der Waals surface area (Å²) in [5, 5.41) is 9.70. The summed E-state index contributed by atoms with van der Waals surface area (Å²) in [6.45, 7) is 2.33. The van der Waals surface area contributed by atoms with Gasteiger partial charge in [0, 0.05) is 11.9 Å². The average molecular weight is 328 g/mol. The molecule has 3 N–H and O–H groups in total. The van der Waals surface area contributed by atoms with Gasteiger partial charge in [0.2, 0.25) is 10.0 Å². The van der Waals surface area contributed by atoms with Crippen LogP contribution in [-0.4, -0.2) is 20.9 Å². The first-order valence-electron chi connectivity index (χ1n) is 7.27. The Balaban J connectivity index is 1.66. The van der Waals surface area contributed by atoms with Crippen molar-refractivity contribution in [3.63, 3.8) is 0 Å². The van der Waals surface area contributed by atoms with Crippen LogP contribution in [0.15, 0.2) is 9.59 Å². The molecule has 2 fully saturated rings. The van der Waals surface area contributed by atoms with Crippen LogP contribution in [0.25, 0.3) is 0 Å². The highest BCUT2D eigenvalue weighted by atomic mass is 32.2. The Hall–Kier alpha value is -0.920. The molecule has 0 spiro atoms. The average Bonchev–Trinajstić information content (AvgIpc) is 3.28. The molecule has 1 amide bonds. The summed E-state index contributed by atoms with van der Waals surface area (Å²) in [7, 11) is -3.75. The first-order chi connectivity index (χ1) is 9.88. The summed E-state index contributed by atoms with van der Waals surface area (Å²) in [6, 6.07) is 0. The molecule has 0 aromatic carbocycles. The maximum atomic E-state index is 12.3. The van der Waals surface area contributed by atoms with E-state index in [1.807, 2.05) is 0 Å². The van der Waals surface area contributed by atoms with Crippen molar-refractivity contribution < 1.29 is 13.2 Å². The molecule has 0 unspecified atom stereocenters. The molecule has 0 bridgehead atoms. The summed E-state index contributed by atoms with van der Waals surface area (Å²) >= 11 is 1.01. The van der Waals surface area contributed by atoms with E-state index >= 15 is 0 Å². The molecule has 1 aromatic rings. The van der Waals surface area contributed by atoms with Crippen molar-refractivity contribution in [1.29, 1.82) is 0 Å². The van der Waals surface area contributed by atoms with Gasteiger partial charge in [-0.25, -0.2) is 13.6 Å². The van der Waals surface area contributed by atoms with E-state index in [2.05, 4.69) is 5.32 Å². The molecular weight excluding hydrogens is 308 g/mol. The van der Waals surface area contributed by atoms with Crippen LogP contribution in [0.5, 0.6) is 0 Å². The predicted molar refractivity (Wildman–Crippen MR) is 81.7 cm³/mol. The molecule has 0 radical (unpaired) electrons. The highest BCUT2D eigenvalue weighted by Gasteiger charge is 2.41. The van der Waals surface area contributed by atoms with E-state index in [-0.39, 0.29) is 10.1 Å². The van der Waals surface area contributed by atoms with Crippen molar-refractivity contribution in [3.05, 3.63) is 16.5 Å². The molecule has 7 heteroatoms. The number of rotatable bonds is 6. The van der Waals surface area contributed by atoms with Crippen LogP contribution < -0.4 is 10.5 Å². The summed E-state index contributed by atoms with van der Waals surface area (Å²) in [4.78, 5) is 12.3. The standard InChI is InChI=1S/C14H20N2O3S2/c1-8-12(7-20-14(8)21(15,18)19)13(17)16-6-11(9-2-3-9)10-4-5-10/h7,9-11H,2-6H2,1H3,(H,16,17)(H2,15,18,19). The second kappa shape index (κ2) is 5.37. The Morgan fingerprint density at radius 1 is 1.38 bits per heavy atom. The number of sulfonamides is 1. The Morgan fingerprint density at radius 2 is 1.95 bits per heavy atom. The molecule has 0 aliphatic heterocycles. The van der Waals surface area contributed by atoms with Crippen molar-refractivity contribution in [2.75, 3.05) is 6.54 Å². The second-order valence-electron chi connectivity index (χ2n) is 6.16. The van der Waals surface area contributed by atoms with E-state index in [1.54, 1.807) is 12.3 Å². The lowest BCUT2D eigenvalue weighted by atomic mass is 9.98. The van der Waals surface area contributed by atoms with Crippen LogP contribution in [-0.2, 0) is 10.0 Å². The van der Waals surface area contributed by atoms with E-state index in [1.165, 1.54) is 25.7 Å². The minimum atomic E-state index is -3.75. The zero-order valence-electron chi connectivity index (χ0n) is 12.0. The van der Waals surface area contributed by atoms with Crippen molar-refractivity contribution >= 4 is 27.3 Å². The molecule has 5 nitrogen and oxygen atoms in total. The van der Waals surface area contributed by atoms with Crippen LogP contribution >= 0.6 is 11.3 Å². The van der Waals surface area contributed by atoms with Gasteiger partial charge in [0.05, 0.1) is 5.56 Å². The van der Waals surface area contributed by atoms with E-state index < -0.39 is 10.0 Å². The third-order valence-electron chi connectivity index (χ3n) is 4.45. The summed E-state index contributed by atoms with van der Waals surface area (Å²) in [6.07, 6.45) is 5.13. The van der Waals surface area contributed by atoms with Crippen molar-refractivity contribution in [2.45, 2.75) is 36.8 Å². The van der Waals surface area contributed by atoms with E-state index in [0.29, 0.717) is 23.6 Å². The first kappa shape index (κ1) is 15.0. The number of nitrogens with one attached hydrogen (secondary N) is 1. The topological polar surface area (TPSA) is 89.3 Å². The normalized spacial score (nSPS) is 19.0. The number of primary sulfonamides is 1. The van der Waals surface area contributed by atoms with Crippen LogP contribution in [0.3, 0.4) is 0 Å². The number of thiophene rings is 1. The zero-order chi connectivity index (χ0) is 15.2. The molecule has 116 valence electrons. The highest BCUT2D eigenvalue weighted by molar-refractivity contribution is 7.91. The second-order valence-corrected chi connectivity index (χ2v) is 8.79. The van der Waals surface area contributed by atoms with Gasteiger partial charge in [0.1, 0.15) is 4.21 Å². The monoisotopic (exact) mass is 328 g/mol. The summed E-state index contributed by atoms with van der Waals surface area (Å²) in [5.74, 6) is 1.97. The fourth-order valence-corrected chi connectivity index (χ4v) is 4.99. The quantitative estimate of drug-likeness (QED) is 0.835. The lowest BCUT2D eigenvalue weighted by molar-refractivity contribution is 0.0943. The van der Waals surface area contributed by atoms with E-state index in [4.69, 9.17) is 5.14 Å². The molecular formula is C14H20N2O3S2. The number of hydrogen-bond donors (Lipinski definition) is 2. The Morgan fingerprint density at radius 3 is 2.38 bits per heavy atom. The van der Waals surface area contributed by atoms with Gasteiger partial charge in [-0.05, 0) is 55.9 Å². The van der Waals surface area contributed by atoms with Gasteiger partial charge in [-0.2, -0.15) is 0 Å². The van der Waals surface area contributed by atoms with Crippen molar-refractivity contribution in [3.8, 4) is 0 Å². The smallest absolute Gasteiger partial charge is 0.252 e. The van der Waals surface area contributed by atoms with Gasteiger partial charge < -0.3 is 5.32 Å². The number of carbonyl (C=O) groups excluding carboxylic acids is 1. The van der Waals surface area contributed by atoms with Crippen LogP contribution in [0.4, 0.5) is 0 Å². The predicted octanol–water partition coefficient (Wildman–Crippen LogP) is 1.87. The molecule has 1 heterocycles. The third kappa shape index (κ3) is 3.30. The van der Waals surface area contributed by atoms with Crippen LogP contribution in [0, 0.1) is 24.7 Å². The number of hydrogen-bond acceptors (Lipinski definition) is 4. The molecule has 0 atom stereocenters. The van der Waals surface area contributed by atoms with Gasteiger partial charge in [-0.1, -0.05) is 0 Å². The van der Waals surface area contributed by atoms with Gasteiger partial charge >= 0.3 is 0 Å². The van der Waals surface area contributed by atoms with E-state index in [9.17, 15) is 13.2 Å². The Labute approximate surface area is 129 Å². The molecule has 1 aromatic heterocycles. The molecule has 0 saturated heterocycles. The first-order valence-corrected chi connectivity index (χ1v) is 9.69. The van der Waals surface area contributed by atoms with Gasteiger partial charge in [-0.3, -0.25) is 4.79 Å². The molecule has 3 rings (SSSR count). The molecule has 2 aliphatic rings.